The SMILES string of the molecule is CCCC(Cc1cccc(F)c1F)N1CCCCC1. The third kappa shape index (κ3) is 3.75. The van der Waals surface area contributed by atoms with Gasteiger partial charge in [-0.15, -0.1) is 0 Å². The monoisotopic (exact) mass is 267 g/mol. The van der Waals surface area contributed by atoms with Crippen LogP contribution < -0.4 is 0 Å². The Morgan fingerprint density at radius 3 is 2.58 bits per heavy atom. The molecule has 0 radical (unpaired) electrons. The fraction of sp³-hybridized carbons (Fsp3) is 0.625. The van der Waals surface area contributed by atoms with E-state index in [1.807, 2.05) is 0 Å². The van der Waals surface area contributed by atoms with Gasteiger partial charge in [0.15, 0.2) is 11.6 Å². The number of likely N-dealkylation sites (tertiary alicyclic amines) is 1. The Morgan fingerprint density at radius 2 is 1.89 bits per heavy atom. The second-order valence-electron chi connectivity index (χ2n) is 5.46. The van der Waals surface area contributed by atoms with Gasteiger partial charge in [0.2, 0.25) is 0 Å². The van der Waals surface area contributed by atoms with E-state index in [-0.39, 0.29) is 0 Å². The second-order valence-corrected chi connectivity index (χ2v) is 5.46. The van der Waals surface area contributed by atoms with Crippen molar-refractivity contribution in [3.05, 3.63) is 35.4 Å². The Morgan fingerprint density at radius 1 is 1.16 bits per heavy atom. The molecule has 1 nitrogen and oxygen atoms in total. The molecule has 0 saturated carbocycles. The summed E-state index contributed by atoms with van der Waals surface area (Å²) in [4.78, 5) is 2.46. The summed E-state index contributed by atoms with van der Waals surface area (Å²) in [5, 5.41) is 0. The summed E-state index contributed by atoms with van der Waals surface area (Å²) in [6.45, 7) is 4.35. The van der Waals surface area contributed by atoms with Gasteiger partial charge in [-0.2, -0.15) is 0 Å². The smallest absolute Gasteiger partial charge is 0.162 e. The molecule has 1 fully saturated rings. The molecular formula is C16H23F2N. The van der Waals surface area contributed by atoms with Gasteiger partial charge in [-0.05, 0) is 50.4 Å². The lowest BCUT2D eigenvalue weighted by Gasteiger charge is -2.34. The van der Waals surface area contributed by atoms with Gasteiger partial charge in [-0.25, -0.2) is 8.78 Å². The molecule has 0 spiro atoms. The van der Waals surface area contributed by atoms with Crippen molar-refractivity contribution in [1.29, 1.82) is 0 Å². The normalized spacial score (nSPS) is 18.5. The van der Waals surface area contributed by atoms with Crippen LogP contribution in [0.2, 0.25) is 0 Å². The highest BCUT2D eigenvalue weighted by Crippen LogP contribution is 2.21. The van der Waals surface area contributed by atoms with Crippen LogP contribution in [0.3, 0.4) is 0 Å². The number of rotatable bonds is 5. The van der Waals surface area contributed by atoms with Crippen LogP contribution in [0.1, 0.15) is 44.6 Å². The van der Waals surface area contributed by atoms with Gasteiger partial charge in [0, 0.05) is 6.04 Å². The van der Waals surface area contributed by atoms with Crippen molar-refractivity contribution in [3.8, 4) is 0 Å². The minimum atomic E-state index is -0.730. The minimum Gasteiger partial charge on any atom is -0.300 e. The topological polar surface area (TPSA) is 3.24 Å². The van der Waals surface area contributed by atoms with Gasteiger partial charge < -0.3 is 4.90 Å². The van der Waals surface area contributed by atoms with Crippen molar-refractivity contribution in [1.82, 2.24) is 4.90 Å². The summed E-state index contributed by atoms with van der Waals surface area (Å²) in [5.41, 5.74) is 0.518. The number of piperidine rings is 1. The number of halogens is 2. The van der Waals surface area contributed by atoms with Crippen molar-refractivity contribution < 1.29 is 8.78 Å². The first-order chi connectivity index (χ1) is 9.22. The van der Waals surface area contributed by atoms with Gasteiger partial charge in [0.1, 0.15) is 0 Å². The molecule has 0 bridgehead atoms. The fourth-order valence-corrected chi connectivity index (χ4v) is 2.99. The summed E-state index contributed by atoms with van der Waals surface area (Å²) in [5.74, 6) is -1.40. The highest BCUT2D eigenvalue weighted by atomic mass is 19.2. The zero-order chi connectivity index (χ0) is 13.7. The van der Waals surface area contributed by atoms with E-state index in [2.05, 4.69) is 11.8 Å². The lowest BCUT2D eigenvalue weighted by Crippen LogP contribution is -2.40. The van der Waals surface area contributed by atoms with Crippen LogP contribution in [0, 0.1) is 11.6 Å². The van der Waals surface area contributed by atoms with E-state index in [9.17, 15) is 8.78 Å². The van der Waals surface area contributed by atoms with E-state index >= 15 is 0 Å². The van der Waals surface area contributed by atoms with Crippen molar-refractivity contribution >= 4 is 0 Å². The summed E-state index contributed by atoms with van der Waals surface area (Å²) in [6, 6.07) is 4.86. The Balaban J connectivity index is 2.08. The van der Waals surface area contributed by atoms with Crippen LogP contribution in [0.5, 0.6) is 0 Å². The first kappa shape index (κ1) is 14.4. The molecule has 106 valence electrons. The van der Waals surface area contributed by atoms with Gasteiger partial charge in [0.05, 0.1) is 0 Å². The maximum atomic E-state index is 13.8. The largest absolute Gasteiger partial charge is 0.300 e. The average Bonchev–Trinajstić information content (AvgIpc) is 2.44. The molecule has 1 aliphatic heterocycles. The van der Waals surface area contributed by atoms with E-state index in [0.29, 0.717) is 18.0 Å². The van der Waals surface area contributed by atoms with E-state index in [1.54, 1.807) is 12.1 Å². The molecule has 0 aromatic heterocycles. The van der Waals surface area contributed by atoms with Gasteiger partial charge in [-0.3, -0.25) is 0 Å². The molecule has 1 atom stereocenters. The summed E-state index contributed by atoms with van der Waals surface area (Å²) in [6.07, 6.45) is 6.51. The minimum absolute atomic E-state index is 0.349. The molecular weight excluding hydrogens is 244 g/mol. The van der Waals surface area contributed by atoms with Crippen molar-refractivity contribution in [2.75, 3.05) is 13.1 Å². The molecule has 19 heavy (non-hydrogen) atoms. The van der Waals surface area contributed by atoms with E-state index in [4.69, 9.17) is 0 Å². The Hall–Kier alpha value is -0.960. The summed E-state index contributed by atoms with van der Waals surface area (Å²) < 4.78 is 27.0. The van der Waals surface area contributed by atoms with E-state index < -0.39 is 11.6 Å². The number of benzene rings is 1. The van der Waals surface area contributed by atoms with Gasteiger partial charge in [-0.1, -0.05) is 31.9 Å². The first-order valence-corrected chi connectivity index (χ1v) is 7.39. The van der Waals surface area contributed by atoms with Crippen LogP contribution >= 0.6 is 0 Å². The molecule has 0 N–H and O–H groups in total. The fourth-order valence-electron chi connectivity index (χ4n) is 2.99. The summed E-state index contributed by atoms with van der Waals surface area (Å²) in [7, 11) is 0. The zero-order valence-electron chi connectivity index (χ0n) is 11.7. The maximum absolute atomic E-state index is 13.8. The highest BCUT2D eigenvalue weighted by molar-refractivity contribution is 5.20. The second kappa shape index (κ2) is 6.99. The molecule has 1 aliphatic rings. The van der Waals surface area contributed by atoms with Gasteiger partial charge >= 0.3 is 0 Å². The number of hydrogen-bond acceptors (Lipinski definition) is 1. The molecule has 1 aromatic carbocycles. The lowest BCUT2D eigenvalue weighted by atomic mass is 9.97. The van der Waals surface area contributed by atoms with Crippen LogP contribution in [0.15, 0.2) is 18.2 Å². The quantitative estimate of drug-likeness (QED) is 0.774. The summed E-state index contributed by atoms with van der Waals surface area (Å²) >= 11 is 0. The lowest BCUT2D eigenvalue weighted by molar-refractivity contribution is 0.152. The van der Waals surface area contributed by atoms with E-state index in [0.717, 1.165) is 25.9 Å². The molecule has 1 unspecified atom stereocenters. The average molecular weight is 267 g/mol. The molecule has 0 aliphatic carbocycles. The Bertz CT molecular complexity index is 400. The molecule has 0 amide bonds. The van der Waals surface area contributed by atoms with Crippen LogP contribution in [-0.4, -0.2) is 24.0 Å². The van der Waals surface area contributed by atoms with E-state index in [1.165, 1.54) is 25.3 Å². The Labute approximate surface area is 114 Å². The molecule has 1 heterocycles. The third-order valence-corrected chi connectivity index (χ3v) is 4.02. The highest BCUT2D eigenvalue weighted by Gasteiger charge is 2.22. The predicted molar refractivity (Wildman–Crippen MR) is 74.2 cm³/mol. The molecule has 1 aromatic rings. The zero-order valence-corrected chi connectivity index (χ0v) is 11.7. The van der Waals surface area contributed by atoms with Crippen LogP contribution in [0.4, 0.5) is 8.78 Å². The first-order valence-electron chi connectivity index (χ1n) is 7.39. The Kier molecular flexibility index (Phi) is 5.32. The predicted octanol–water partition coefficient (Wildman–Crippen LogP) is 4.16. The third-order valence-electron chi connectivity index (χ3n) is 4.02. The van der Waals surface area contributed by atoms with Crippen LogP contribution in [-0.2, 0) is 6.42 Å². The van der Waals surface area contributed by atoms with Gasteiger partial charge in [0.25, 0.3) is 0 Å². The van der Waals surface area contributed by atoms with Crippen LogP contribution in [0.25, 0.3) is 0 Å². The molecule has 1 saturated heterocycles. The van der Waals surface area contributed by atoms with Crippen molar-refractivity contribution in [2.24, 2.45) is 0 Å². The molecule has 2 rings (SSSR count). The van der Waals surface area contributed by atoms with Crippen molar-refractivity contribution in [3.63, 3.8) is 0 Å². The standard InChI is InChI=1S/C16H23F2N/c1-2-7-14(19-10-4-3-5-11-19)12-13-8-6-9-15(17)16(13)18/h6,8-9,14H,2-5,7,10-12H2,1H3. The molecule has 3 heteroatoms. The maximum Gasteiger partial charge on any atom is 0.162 e. The number of hydrogen-bond donors (Lipinski definition) is 0. The number of nitrogens with zero attached hydrogens (tertiary/aromatic N) is 1. The van der Waals surface area contributed by atoms with Crippen molar-refractivity contribution in [2.45, 2.75) is 51.5 Å².